The highest BCUT2D eigenvalue weighted by Crippen LogP contribution is 2.30. The van der Waals surface area contributed by atoms with Gasteiger partial charge in [0.25, 0.3) is 0 Å². The quantitative estimate of drug-likeness (QED) is 0.773. The van der Waals surface area contributed by atoms with Crippen molar-refractivity contribution in [3.8, 4) is 0 Å². The number of aliphatic hydroxyl groups is 1. The molecule has 1 aliphatic carbocycles. The van der Waals surface area contributed by atoms with Gasteiger partial charge in [0.15, 0.2) is 5.65 Å². The minimum atomic E-state index is 0.168. The maximum atomic E-state index is 9.30. The van der Waals surface area contributed by atoms with Gasteiger partial charge in [-0.1, -0.05) is 12.2 Å². The third kappa shape index (κ3) is 3.35. The van der Waals surface area contributed by atoms with E-state index in [2.05, 4.69) is 46.1 Å². The summed E-state index contributed by atoms with van der Waals surface area (Å²) < 4.78 is 2.04. The molecule has 2 atom stereocenters. The number of aromatic nitrogens is 4. The van der Waals surface area contributed by atoms with Gasteiger partial charge in [0, 0.05) is 12.5 Å². The second kappa shape index (κ2) is 6.64. The highest BCUT2D eigenvalue weighted by Gasteiger charge is 2.22. The molecule has 0 aromatic carbocycles. The number of aliphatic hydroxyl groups excluding tert-OH is 1. The maximum absolute atomic E-state index is 9.30. The first-order valence-electron chi connectivity index (χ1n) is 8.01. The topological polar surface area (TPSA) is 93.1 Å². The van der Waals surface area contributed by atoms with Crippen molar-refractivity contribution in [2.24, 2.45) is 5.92 Å². The summed E-state index contributed by atoms with van der Waals surface area (Å²) >= 11 is 0. The van der Waals surface area contributed by atoms with Gasteiger partial charge in [-0.25, -0.2) is 9.97 Å². The van der Waals surface area contributed by atoms with E-state index < -0.39 is 0 Å². The Morgan fingerprint density at radius 1 is 1.35 bits per heavy atom. The van der Waals surface area contributed by atoms with Crippen LogP contribution in [0.3, 0.4) is 0 Å². The largest absolute Gasteiger partial charge is 0.396 e. The molecule has 3 rings (SSSR count). The van der Waals surface area contributed by atoms with Crippen LogP contribution >= 0.6 is 0 Å². The average molecular weight is 316 g/mol. The molecule has 0 bridgehead atoms. The summed E-state index contributed by atoms with van der Waals surface area (Å²) in [7, 11) is 4.12. The molecule has 1 aliphatic rings. The Balaban J connectivity index is 1.88. The highest BCUT2D eigenvalue weighted by atomic mass is 16.3. The summed E-state index contributed by atoms with van der Waals surface area (Å²) in [5.41, 5.74) is 8.43. The van der Waals surface area contributed by atoms with Crippen molar-refractivity contribution in [2.75, 3.05) is 33.0 Å². The van der Waals surface area contributed by atoms with Gasteiger partial charge >= 0.3 is 0 Å². The molecule has 7 nitrogen and oxygen atoms in total. The van der Waals surface area contributed by atoms with E-state index in [0.29, 0.717) is 5.95 Å². The Morgan fingerprint density at radius 3 is 2.87 bits per heavy atom. The molecule has 3 N–H and O–H groups in total. The molecule has 0 radical (unpaired) electrons. The van der Waals surface area contributed by atoms with Crippen LogP contribution in [0.5, 0.6) is 0 Å². The number of imidazole rings is 1. The van der Waals surface area contributed by atoms with Crippen LogP contribution in [-0.2, 0) is 6.42 Å². The van der Waals surface area contributed by atoms with Crippen LogP contribution < -0.4 is 5.73 Å². The van der Waals surface area contributed by atoms with Crippen LogP contribution in [0.15, 0.2) is 18.5 Å². The summed E-state index contributed by atoms with van der Waals surface area (Å²) in [4.78, 5) is 15.5. The smallest absolute Gasteiger partial charge is 0.222 e. The standard InChI is InChI=1S/C16H24N6O/c1-21(2)7-3-4-13-14-15(20-16(17)19-13)22(10-18-14)12-6-5-11(8-12)9-23/h5-6,10-12,23H,3-4,7-9H2,1-2H3,(H2,17,19,20)/t11-,12+/m1/s1. The van der Waals surface area contributed by atoms with Crippen molar-refractivity contribution in [2.45, 2.75) is 25.3 Å². The Bertz CT molecular complexity index is 708. The zero-order valence-electron chi connectivity index (χ0n) is 13.7. The predicted molar refractivity (Wildman–Crippen MR) is 90.0 cm³/mol. The molecular formula is C16H24N6O. The van der Waals surface area contributed by atoms with Gasteiger partial charge in [-0.2, -0.15) is 4.98 Å². The lowest BCUT2D eigenvalue weighted by molar-refractivity contribution is 0.244. The van der Waals surface area contributed by atoms with Crippen LogP contribution in [0.4, 0.5) is 5.95 Å². The number of nitrogen functional groups attached to an aromatic ring is 1. The first-order chi connectivity index (χ1) is 11.1. The van der Waals surface area contributed by atoms with E-state index >= 15 is 0 Å². The van der Waals surface area contributed by atoms with E-state index in [1.165, 1.54) is 0 Å². The Hall–Kier alpha value is -1.99. The number of nitrogens with zero attached hydrogens (tertiary/aromatic N) is 5. The molecule has 0 saturated carbocycles. The van der Waals surface area contributed by atoms with Gasteiger partial charge in [-0.05, 0) is 39.9 Å². The molecule has 0 spiro atoms. The third-order valence-electron chi connectivity index (χ3n) is 4.27. The number of nitrogens with two attached hydrogens (primary N) is 1. The summed E-state index contributed by atoms with van der Waals surface area (Å²) in [5, 5.41) is 9.30. The second-order valence-corrected chi connectivity index (χ2v) is 6.39. The van der Waals surface area contributed by atoms with Crippen molar-refractivity contribution < 1.29 is 5.11 Å². The van der Waals surface area contributed by atoms with Crippen molar-refractivity contribution >= 4 is 17.1 Å². The molecule has 23 heavy (non-hydrogen) atoms. The highest BCUT2D eigenvalue weighted by molar-refractivity contribution is 5.75. The summed E-state index contributed by atoms with van der Waals surface area (Å²) in [6.07, 6.45) is 8.66. The van der Waals surface area contributed by atoms with Crippen LogP contribution in [-0.4, -0.2) is 56.8 Å². The van der Waals surface area contributed by atoms with Crippen LogP contribution in [0.25, 0.3) is 11.2 Å². The molecule has 0 unspecified atom stereocenters. The van der Waals surface area contributed by atoms with E-state index in [0.717, 1.165) is 42.7 Å². The fraction of sp³-hybridized carbons (Fsp3) is 0.562. The van der Waals surface area contributed by atoms with Gasteiger partial charge < -0.3 is 20.3 Å². The van der Waals surface area contributed by atoms with Crippen molar-refractivity contribution in [3.05, 3.63) is 24.2 Å². The molecule has 2 heterocycles. The van der Waals surface area contributed by atoms with Gasteiger partial charge in [0.2, 0.25) is 5.95 Å². The molecule has 0 fully saturated rings. The SMILES string of the molecule is CN(C)CCCc1nc(N)nc2c1ncn2[C@H]1C=C[C@@H](CO)C1. The number of fused-ring (bicyclic) bond motifs is 1. The van der Waals surface area contributed by atoms with E-state index in [1.54, 1.807) is 0 Å². The molecule has 2 aromatic rings. The Labute approximate surface area is 135 Å². The number of hydrogen-bond acceptors (Lipinski definition) is 6. The summed E-state index contributed by atoms with van der Waals surface area (Å²) in [5.74, 6) is 0.496. The summed E-state index contributed by atoms with van der Waals surface area (Å²) in [6.45, 7) is 1.17. The molecule has 0 amide bonds. The Kier molecular flexibility index (Phi) is 4.58. The number of allylic oxidation sites excluding steroid dienone is 1. The Morgan fingerprint density at radius 2 is 2.17 bits per heavy atom. The molecular weight excluding hydrogens is 292 g/mol. The molecule has 124 valence electrons. The molecule has 0 aliphatic heterocycles. The molecule has 7 heteroatoms. The minimum Gasteiger partial charge on any atom is -0.396 e. The lowest BCUT2D eigenvalue weighted by atomic mass is 10.1. The zero-order chi connectivity index (χ0) is 16.4. The van der Waals surface area contributed by atoms with Gasteiger partial charge in [0.05, 0.1) is 18.1 Å². The van der Waals surface area contributed by atoms with E-state index in [9.17, 15) is 5.11 Å². The first-order valence-corrected chi connectivity index (χ1v) is 8.01. The second-order valence-electron chi connectivity index (χ2n) is 6.39. The van der Waals surface area contributed by atoms with Crippen molar-refractivity contribution in [1.82, 2.24) is 24.4 Å². The number of rotatable bonds is 6. The van der Waals surface area contributed by atoms with Crippen molar-refractivity contribution in [1.29, 1.82) is 0 Å². The van der Waals surface area contributed by atoms with E-state index in [-0.39, 0.29) is 18.6 Å². The van der Waals surface area contributed by atoms with Gasteiger partial charge in [-0.3, -0.25) is 0 Å². The monoisotopic (exact) mass is 316 g/mol. The normalized spacial score (nSPS) is 20.9. The molecule has 2 aromatic heterocycles. The fourth-order valence-electron chi connectivity index (χ4n) is 3.07. The number of anilines is 1. The van der Waals surface area contributed by atoms with Crippen LogP contribution in [0, 0.1) is 5.92 Å². The maximum Gasteiger partial charge on any atom is 0.222 e. The lowest BCUT2D eigenvalue weighted by Gasteiger charge is -2.13. The predicted octanol–water partition coefficient (Wildman–Crippen LogP) is 1.01. The zero-order valence-corrected chi connectivity index (χ0v) is 13.7. The number of aryl methyl sites for hydroxylation is 1. The van der Waals surface area contributed by atoms with E-state index in [4.69, 9.17) is 5.73 Å². The van der Waals surface area contributed by atoms with E-state index in [1.807, 2.05) is 10.9 Å². The first kappa shape index (κ1) is 15.9. The lowest BCUT2D eigenvalue weighted by Crippen LogP contribution is -2.14. The van der Waals surface area contributed by atoms with Crippen molar-refractivity contribution in [3.63, 3.8) is 0 Å². The van der Waals surface area contributed by atoms with Gasteiger partial charge in [-0.15, -0.1) is 0 Å². The van der Waals surface area contributed by atoms with Crippen LogP contribution in [0.2, 0.25) is 0 Å². The third-order valence-corrected chi connectivity index (χ3v) is 4.27. The summed E-state index contributed by atoms with van der Waals surface area (Å²) in [6, 6.07) is 0.168. The van der Waals surface area contributed by atoms with Gasteiger partial charge in [0.1, 0.15) is 5.52 Å². The molecule has 0 saturated heterocycles. The fourth-order valence-corrected chi connectivity index (χ4v) is 3.07. The average Bonchev–Trinajstić information content (AvgIpc) is 3.12. The minimum absolute atomic E-state index is 0.168. The van der Waals surface area contributed by atoms with Crippen LogP contribution in [0.1, 0.15) is 24.6 Å². The number of hydrogen-bond donors (Lipinski definition) is 2.